The molecule has 27 heavy (non-hydrogen) atoms. The van der Waals surface area contributed by atoms with Gasteiger partial charge in [0.1, 0.15) is 5.82 Å². The summed E-state index contributed by atoms with van der Waals surface area (Å²) in [4.78, 5) is 19.3. The van der Waals surface area contributed by atoms with Gasteiger partial charge in [0.25, 0.3) is 0 Å². The van der Waals surface area contributed by atoms with Crippen molar-refractivity contribution >= 4 is 5.78 Å². The zero-order valence-electron chi connectivity index (χ0n) is 13.9. The summed E-state index contributed by atoms with van der Waals surface area (Å²) < 4.78 is 57.7. The molecule has 0 fully saturated rings. The molecule has 0 radical (unpaired) electrons. The molecule has 0 amide bonds. The Hall–Kier alpha value is -3.04. The summed E-state index contributed by atoms with van der Waals surface area (Å²) in [6.45, 7) is 0.702. The van der Waals surface area contributed by atoms with Crippen molar-refractivity contribution in [3.8, 4) is 11.4 Å². The lowest BCUT2D eigenvalue weighted by Crippen LogP contribution is -2.05. The minimum absolute atomic E-state index is 0.0107. The molecule has 0 saturated heterocycles. The molecule has 0 spiro atoms. The number of benzene rings is 1. The fraction of sp³-hybridized carbons (Fsp3) is 0.294. The molecule has 6 nitrogen and oxygen atoms in total. The van der Waals surface area contributed by atoms with Crippen LogP contribution in [0, 0.1) is 5.82 Å². The predicted octanol–water partition coefficient (Wildman–Crippen LogP) is 4.14. The van der Waals surface area contributed by atoms with E-state index in [9.17, 15) is 22.4 Å². The van der Waals surface area contributed by atoms with Gasteiger partial charge in [0.05, 0.1) is 11.9 Å². The maximum Gasteiger partial charge on any atom is 0.471 e. The van der Waals surface area contributed by atoms with E-state index in [2.05, 4.69) is 19.6 Å². The molecule has 0 aliphatic rings. The number of carbonyl (C=O) groups excluding carboxylic acids is 1. The summed E-state index contributed by atoms with van der Waals surface area (Å²) in [5.74, 6) is -3.14. The topological polar surface area (TPSA) is 73.8 Å². The number of aryl methyl sites for hydroxylation is 1. The molecule has 10 heteroatoms. The summed E-state index contributed by atoms with van der Waals surface area (Å²) in [5.41, 5.74) is -0.135. The molecule has 0 saturated carbocycles. The van der Waals surface area contributed by atoms with Crippen molar-refractivity contribution in [2.75, 3.05) is 0 Å². The van der Waals surface area contributed by atoms with Gasteiger partial charge >= 0.3 is 12.1 Å². The van der Waals surface area contributed by atoms with E-state index in [1.165, 1.54) is 12.1 Å². The van der Waals surface area contributed by atoms with Crippen LogP contribution in [0.3, 0.4) is 0 Å². The first-order valence-electron chi connectivity index (χ1n) is 8.04. The molecule has 3 aromatic rings. The van der Waals surface area contributed by atoms with Crippen LogP contribution in [-0.4, -0.2) is 25.5 Å². The van der Waals surface area contributed by atoms with E-state index in [4.69, 9.17) is 0 Å². The van der Waals surface area contributed by atoms with Crippen LogP contribution >= 0.6 is 0 Å². The van der Waals surface area contributed by atoms with Crippen molar-refractivity contribution in [1.82, 2.24) is 19.7 Å². The number of halogens is 4. The van der Waals surface area contributed by atoms with Crippen molar-refractivity contribution in [2.24, 2.45) is 0 Å². The van der Waals surface area contributed by atoms with Crippen molar-refractivity contribution < 1.29 is 26.9 Å². The lowest BCUT2D eigenvalue weighted by Gasteiger charge is -2.05. The number of imidazole rings is 1. The van der Waals surface area contributed by atoms with E-state index in [0.717, 1.165) is 12.5 Å². The van der Waals surface area contributed by atoms with Gasteiger partial charge in [0.2, 0.25) is 5.82 Å². The molecule has 1 aromatic carbocycles. The largest absolute Gasteiger partial charge is 0.471 e. The van der Waals surface area contributed by atoms with Crippen molar-refractivity contribution in [1.29, 1.82) is 0 Å². The molecule has 0 aliphatic carbocycles. The van der Waals surface area contributed by atoms with Crippen molar-refractivity contribution in [3.05, 3.63) is 54.2 Å². The van der Waals surface area contributed by atoms with E-state index in [0.29, 0.717) is 13.0 Å². The van der Waals surface area contributed by atoms with Gasteiger partial charge < -0.3 is 9.09 Å². The van der Waals surface area contributed by atoms with Crippen LogP contribution in [0.4, 0.5) is 17.6 Å². The molecule has 2 heterocycles. The fourth-order valence-electron chi connectivity index (χ4n) is 2.47. The number of nitrogens with zero attached hydrogens (tertiary/aromatic N) is 4. The average molecular weight is 382 g/mol. The second-order valence-electron chi connectivity index (χ2n) is 5.80. The van der Waals surface area contributed by atoms with Crippen molar-refractivity contribution in [3.63, 3.8) is 0 Å². The number of unbranched alkanes of at least 4 members (excludes halogenated alkanes) is 1. The minimum Gasteiger partial charge on any atom is -0.337 e. The highest BCUT2D eigenvalue weighted by Gasteiger charge is 2.38. The number of hydrogen-bond acceptors (Lipinski definition) is 5. The summed E-state index contributed by atoms with van der Waals surface area (Å²) >= 11 is 0. The van der Waals surface area contributed by atoms with Crippen LogP contribution in [0.15, 0.2) is 41.4 Å². The fourth-order valence-corrected chi connectivity index (χ4v) is 2.47. The van der Waals surface area contributed by atoms with Gasteiger partial charge in [-0.1, -0.05) is 11.2 Å². The maximum absolute atomic E-state index is 14.2. The molecule has 2 aromatic heterocycles. The summed E-state index contributed by atoms with van der Waals surface area (Å²) in [5, 5.41) is 3.19. The zero-order valence-corrected chi connectivity index (χ0v) is 13.9. The number of alkyl halides is 3. The minimum atomic E-state index is -4.78. The third-order valence-corrected chi connectivity index (χ3v) is 3.83. The summed E-state index contributed by atoms with van der Waals surface area (Å²) in [6, 6.07) is 3.42. The van der Waals surface area contributed by atoms with Crippen LogP contribution < -0.4 is 0 Å². The molecule has 142 valence electrons. The molecule has 0 aliphatic heterocycles. The molecule has 3 rings (SSSR count). The van der Waals surface area contributed by atoms with Crippen molar-refractivity contribution in [2.45, 2.75) is 32.0 Å². The summed E-state index contributed by atoms with van der Waals surface area (Å²) in [6.07, 6.45) is 1.80. The first-order valence-corrected chi connectivity index (χ1v) is 8.04. The van der Waals surface area contributed by atoms with Gasteiger partial charge in [0.15, 0.2) is 5.78 Å². The second-order valence-corrected chi connectivity index (χ2v) is 5.80. The highest BCUT2D eigenvalue weighted by atomic mass is 19.4. The van der Waals surface area contributed by atoms with Gasteiger partial charge in [-0.2, -0.15) is 18.2 Å². The molecule has 0 unspecified atom stereocenters. The Morgan fingerprint density at radius 1 is 1.22 bits per heavy atom. The Balaban J connectivity index is 1.62. The maximum atomic E-state index is 14.2. The third-order valence-electron chi connectivity index (χ3n) is 3.83. The van der Waals surface area contributed by atoms with Crippen LogP contribution in [0.5, 0.6) is 0 Å². The number of Topliss-reactive ketones (excluding diaryl/α,β-unsaturated/α-hetero) is 1. The van der Waals surface area contributed by atoms with E-state index in [1.54, 1.807) is 12.5 Å². The van der Waals surface area contributed by atoms with Crippen LogP contribution in [0.2, 0.25) is 0 Å². The highest BCUT2D eigenvalue weighted by molar-refractivity contribution is 5.96. The van der Waals surface area contributed by atoms with E-state index in [-0.39, 0.29) is 23.3 Å². The van der Waals surface area contributed by atoms with Gasteiger partial charge in [0, 0.05) is 30.9 Å². The van der Waals surface area contributed by atoms with Gasteiger partial charge in [-0.25, -0.2) is 9.37 Å². The molecule has 0 N–H and O–H groups in total. The Morgan fingerprint density at radius 2 is 2.04 bits per heavy atom. The Bertz CT molecular complexity index is 919. The van der Waals surface area contributed by atoms with E-state index >= 15 is 0 Å². The molecular weight excluding hydrogens is 368 g/mol. The van der Waals surface area contributed by atoms with Gasteiger partial charge in [-0.3, -0.25) is 4.79 Å². The number of rotatable bonds is 7. The zero-order chi connectivity index (χ0) is 19.4. The smallest absolute Gasteiger partial charge is 0.337 e. The number of aromatic nitrogens is 4. The summed E-state index contributed by atoms with van der Waals surface area (Å²) in [7, 11) is 0. The predicted molar refractivity (Wildman–Crippen MR) is 85.1 cm³/mol. The molecular formula is C17H14F4N4O2. The monoisotopic (exact) mass is 382 g/mol. The number of ketones is 1. The lowest BCUT2D eigenvalue weighted by molar-refractivity contribution is -0.159. The average Bonchev–Trinajstić information content (AvgIpc) is 3.29. The standard InChI is InChI=1S/C17H14F4N4O2/c18-13-9-11(15-23-16(27-24-15)17(19,20)21)4-5-12(13)14(26)3-1-2-7-25-8-6-22-10-25/h4-6,8-10H,1-3,7H2. The first kappa shape index (κ1) is 18.7. The third kappa shape index (κ3) is 4.57. The number of carbonyl (C=O) groups is 1. The Kier molecular flexibility index (Phi) is 5.33. The SMILES string of the molecule is O=C(CCCCn1ccnc1)c1ccc(-c2noc(C(F)(F)F)n2)cc1F. The molecule has 0 atom stereocenters. The molecule has 0 bridgehead atoms. The quantitative estimate of drug-likeness (QED) is 0.349. The second kappa shape index (κ2) is 7.68. The van der Waals surface area contributed by atoms with Crippen LogP contribution in [0.25, 0.3) is 11.4 Å². The highest BCUT2D eigenvalue weighted by Crippen LogP contribution is 2.29. The van der Waals surface area contributed by atoms with Crippen LogP contribution in [-0.2, 0) is 12.7 Å². The van der Waals surface area contributed by atoms with E-state index < -0.39 is 23.7 Å². The number of hydrogen-bond donors (Lipinski definition) is 0. The Morgan fingerprint density at radius 3 is 2.67 bits per heavy atom. The lowest BCUT2D eigenvalue weighted by atomic mass is 10.0. The van der Waals surface area contributed by atoms with Gasteiger partial charge in [-0.15, -0.1) is 0 Å². The normalized spacial score (nSPS) is 11.7. The first-order chi connectivity index (χ1) is 12.8. The van der Waals surface area contributed by atoms with Crippen LogP contribution in [0.1, 0.15) is 35.5 Å². The Labute approximate surface area is 150 Å². The van der Waals surface area contributed by atoms with Gasteiger partial charge in [-0.05, 0) is 25.0 Å². The van der Waals surface area contributed by atoms with E-state index in [1.807, 2.05) is 10.8 Å².